The summed E-state index contributed by atoms with van der Waals surface area (Å²) in [5, 5.41) is 1.04. The van der Waals surface area contributed by atoms with E-state index >= 15 is 0 Å². The van der Waals surface area contributed by atoms with Crippen LogP contribution in [0.15, 0.2) is 61.2 Å². The number of likely N-dealkylation sites (tertiary alicyclic amines) is 1. The molecule has 1 atom stereocenters. The summed E-state index contributed by atoms with van der Waals surface area (Å²) < 4.78 is 8.82. The smallest absolute Gasteiger partial charge is 0.226 e. The van der Waals surface area contributed by atoms with Crippen molar-refractivity contribution in [1.82, 2.24) is 24.4 Å². The number of fused-ring (bicyclic) bond motifs is 1. The lowest BCUT2D eigenvalue weighted by Gasteiger charge is -2.20. The Morgan fingerprint density at radius 2 is 1.79 bits per heavy atom. The van der Waals surface area contributed by atoms with Crippen LogP contribution in [0.1, 0.15) is 41.6 Å². The van der Waals surface area contributed by atoms with Crippen molar-refractivity contribution in [3.63, 3.8) is 0 Å². The maximum absolute atomic E-state index is 6.54. The van der Waals surface area contributed by atoms with Crippen molar-refractivity contribution in [3.05, 3.63) is 83.6 Å². The Morgan fingerprint density at radius 3 is 2.61 bits per heavy atom. The van der Waals surface area contributed by atoms with E-state index in [0.29, 0.717) is 0 Å². The molecule has 1 aromatic carbocycles. The van der Waals surface area contributed by atoms with Crippen LogP contribution in [-0.2, 0) is 13.1 Å². The Morgan fingerprint density at radius 1 is 0.939 bits per heavy atom. The molecule has 33 heavy (non-hydrogen) atoms. The van der Waals surface area contributed by atoms with Gasteiger partial charge in [0, 0.05) is 37.7 Å². The SMILES string of the molecule is Cc1c(C)n(Cc2ccccc2)c2ncnc(OC3CCCN(Cc4cccnc4)CC3)c12. The zero-order valence-electron chi connectivity index (χ0n) is 19.4. The normalized spacial score (nSPS) is 17.2. The number of pyridine rings is 1. The predicted molar refractivity (Wildman–Crippen MR) is 130 cm³/mol. The molecular formula is C27H31N5O. The number of rotatable bonds is 6. The van der Waals surface area contributed by atoms with Gasteiger partial charge in [0.05, 0.1) is 5.39 Å². The van der Waals surface area contributed by atoms with Gasteiger partial charge in [0.2, 0.25) is 5.88 Å². The van der Waals surface area contributed by atoms with Gasteiger partial charge in [-0.05, 0) is 62.4 Å². The van der Waals surface area contributed by atoms with Crippen LogP contribution < -0.4 is 4.74 Å². The van der Waals surface area contributed by atoms with E-state index in [-0.39, 0.29) is 6.10 Å². The van der Waals surface area contributed by atoms with E-state index in [1.165, 1.54) is 22.4 Å². The van der Waals surface area contributed by atoms with E-state index < -0.39 is 0 Å². The van der Waals surface area contributed by atoms with Gasteiger partial charge in [-0.3, -0.25) is 9.88 Å². The predicted octanol–water partition coefficient (Wildman–Crippen LogP) is 4.92. The van der Waals surface area contributed by atoms with Crippen molar-refractivity contribution in [2.75, 3.05) is 13.1 Å². The lowest BCUT2D eigenvalue weighted by molar-refractivity contribution is 0.174. The van der Waals surface area contributed by atoms with Crippen LogP contribution in [0, 0.1) is 13.8 Å². The van der Waals surface area contributed by atoms with E-state index in [9.17, 15) is 0 Å². The first-order valence-corrected chi connectivity index (χ1v) is 11.8. The standard InChI is InChI=1S/C27H31N5O/c1-20-21(2)32(18-22-8-4-3-5-9-22)26-25(20)27(30-19-29-26)33-24-11-7-14-31(15-12-24)17-23-10-6-13-28-16-23/h3-6,8-10,13,16,19,24H,7,11-12,14-15,17-18H2,1-2H3. The van der Waals surface area contributed by atoms with Gasteiger partial charge in [-0.1, -0.05) is 36.4 Å². The highest BCUT2D eigenvalue weighted by Gasteiger charge is 2.23. The molecule has 6 heteroatoms. The zero-order chi connectivity index (χ0) is 22.6. The Hall–Kier alpha value is -3.25. The van der Waals surface area contributed by atoms with Gasteiger partial charge < -0.3 is 9.30 Å². The van der Waals surface area contributed by atoms with Crippen molar-refractivity contribution >= 4 is 11.0 Å². The highest BCUT2D eigenvalue weighted by Crippen LogP contribution is 2.32. The molecule has 3 aromatic heterocycles. The van der Waals surface area contributed by atoms with Gasteiger partial charge in [0.1, 0.15) is 18.1 Å². The molecule has 170 valence electrons. The van der Waals surface area contributed by atoms with Gasteiger partial charge in [0.15, 0.2) is 0 Å². The highest BCUT2D eigenvalue weighted by molar-refractivity contribution is 5.86. The number of ether oxygens (including phenoxy) is 1. The molecule has 1 aliphatic heterocycles. The van der Waals surface area contributed by atoms with Gasteiger partial charge in [0.25, 0.3) is 0 Å². The van der Waals surface area contributed by atoms with E-state index in [0.717, 1.165) is 62.4 Å². The molecule has 0 amide bonds. The summed E-state index contributed by atoms with van der Waals surface area (Å²) in [4.78, 5) is 16.0. The molecule has 1 saturated heterocycles. The van der Waals surface area contributed by atoms with E-state index in [1.54, 1.807) is 6.33 Å². The second kappa shape index (κ2) is 9.71. The quantitative estimate of drug-likeness (QED) is 0.425. The fraction of sp³-hybridized carbons (Fsp3) is 0.370. The molecule has 0 aliphatic carbocycles. The van der Waals surface area contributed by atoms with Crippen molar-refractivity contribution in [2.45, 2.75) is 52.3 Å². The van der Waals surface area contributed by atoms with Crippen LogP contribution in [0.4, 0.5) is 0 Å². The van der Waals surface area contributed by atoms with Crippen LogP contribution in [0.2, 0.25) is 0 Å². The molecule has 0 bridgehead atoms. The number of aryl methyl sites for hydroxylation is 1. The first kappa shape index (κ1) is 21.6. The number of hydrogen-bond acceptors (Lipinski definition) is 5. The molecule has 1 fully saturated rings. The summed E-state index contributed by atoms with van der Waals surface area (Å²) in [5.74, 6) is 0.720. The average molecular weight is 442 g/mol. The lowest BCUT2D eigenvalue weighted by atomic mass is 10.1. The molecule has 4 aromatic rings. The largest absolute Gasteiger partial charge is 0.474 e. The Bertz CT molecular complexity index is 1210. The monoisotopic (exact) mass is 441 g/mol. The second-order valence-electron chi connectivity index (χ2n) is 8.97. The average Bonchev–Trinajstić information content (AvgIpc) is 2.97. The summed E-state index contributed by atoms with van der Waals surface area (Å²) in [5.41, 5.74) is 5.88. The third-order valence-corrected chi connectivity index (χ3v) is 6.73. The molecule has 0 saturated carbocycles. The van der Waals surface area contributed by atoms with Crippen LogP contribution in [0.25, 0.3) is 11.0 Å². The summed E-state index contributed by atoms with van der Waals surface area (Å²) in [7, 11) is 0. The van der Waals surface area contributed by atoms with Crippen LogP contribution in [0.5, 0.6) is 5.88 Å². The van der Waals surface area contributed by atoms with Gasteiger partial charge in [-0.15, -0.1) is 0 Å². The van der Waals surface area contributed by atoms with Crippen molar-refractivity contribution in [3.8, 4) is 5.88 Å². The summed E-state index contributed by atoms with van der Waals surface area (Å²) in [6.07, 6.45) is 8.75. The zero-order valence-corrected chi connectivity index (χ0v) is 19.4. The minimum Gasteiger partial charge on any atom is -0.474 e. The molecule has 0 N–H and O–H groups in total. The van der Waals surface area contributed by atoms with Gasteiger partial charge in [-0.2, -0.15) is 0 Å². The number of aromatic nitrogens is 4. The third kappa shape index (κ3) is 4.76. The summed E-state index contributed by atoms with van der Waals surface area (Å²) in [6, 6.07) is 14.7. The fourth-order valence-corrected chi connectivity index (χ4v) is 4.79. The number of hydrogen-bond donors (Lipinski definition) is 0. The van der Waals surface area contributed by atoms with Crippen LogP contribution in [-0.4, -0.2) is 43.6 Å². The Kier molecular flexibility index (Phi) is 6.35. The molecule has 0 spiro atoms. The Labute approximate surface area is 195 Å². The first-order chi connectivity index (χ1) is 16.2. The molecule has 6 nitrogen and oxygen atoms in total. The van der Waals surface area contributed by atoms with Crippen LogP contribution >= 0.6 is 0 Å². The van der Waals surface area contributed by atoms with Crippen molar-refractivity contribution in [1.29, 1.82) is 0 Å². The van der Waals surface area contributed by atoms with Crippen molar-refractivity contribution in [2.24, 2.45) is 0 Å². The molecular weight excluding hydrogens is 410 g/mol. The van der Waals surface area contributed by atoms with Crippen molar-refractivity contribution < 1.29 is 4.74 Å². The van der Waals surface area contributed by atoms with Crippen LogP contribution in [0.3, 0.4) is 0 Å². The summed E-state index contributed by atoms with van der Waals surface area (Å²) in [6.45, 7) is 8.14. The molecule has 0 radical (unpaired) electrons. The van der Waals surface area contributed by atoms with Gasteiger partial charge in [-0.25, -0.2) is 9.97 Å². The van der Waals surface area contributed by atoms with E-state index in [2.05, 4.69) is 68.6 Å². The Balaban J connectivity index is 1.33. The number of nitrogens with zero attached hydrogens (tertiary/aromatic N) is 5. The topological polar surface area (TPSA) is 56.1 Å². The molecule has 1 unspecified atom stereocenters. The van der Waals surface area contributed by atoms with Gasteiger partial charge >= 0.3 is 0 Å². The van der Waals surface area contributed by atoms with E-state index in [4.69, 9.17) is 4.74 Å². The first-order valence-electron chi connectivity index (χ1n) is 11.8. The highest BCUT2D eigenvalue weighted by atomic mass is 16.5. The summed E-state index contributed by atoms with van der Waals surface area (Å²) >= 11 is 0. The lowest BCUT2D eigenvalue weighted by Crippen LogP contribution is -2.25. The molecule has 1 aliphatic rings. The van der Waals surface area contributed by atoms with E-state index in [1.807, 2.05) is 24.5 Å². The maximum Gasteiger partial charge on any atom is 0.226 e. The second-order valence-corrected chi connectivity index (χ2v) is 8.97. The fourth-order valence-electron chi connectivity index (χ4n) is 4.79. The number of benzene rings is 1. The maximum atomic E-state index is 6.54. The molecule has 5 rings (SSSR count). The third-order valence-electron chi connectivity index (χ3n) is 6.73. The minimum absolute atomic E-state index is 0.166. The minimum atomic E-state index is 0.166. The molecule has 4 heterocycles.